The molecule has 0 radical (unpaired) electrons. The second-order valence-electron chi connectivity index (χ2n) is 11.8. The van der Waals surface area contributed by atoms with Crippen molar-refractivity contribution >= 4 is 21.7 Å². The standard InChI is InChI=1S/C30H36F3N3O5S/c1-42(39,40)24-5-2-21(3-6-24)20-41-26-7-4-23(31)16-22(26)19-35-12-14-36(15-13-35)27(37)18-34-28(38)25-17-29(25)8-10-30(32,33)11-9-29/h2-7,16,25H,8-15,17-20H2,1H3,(H,34,38). The molecule has 2 aromatic carbocycles. The van der Waals surface area contributed by atoms with E-state index in [1.54, 1.807) is 23.1 Å². The number of hydrogen-bond donors (Lipinski definition) is 1. The van der Waals surface area contributed by atoms with Gasteiger partial charge in [-0.2, -0.15) is 0 Å². The van der Waals surface area contributed by atoms with Crippen molar-refractivity contribution in [3.8, 4) is 5.75 Å². The third-order valence-corrected chi connectivity index (χ3v) is 9.91. The third-order valence-electron chi connectivity index (χ3n) is 8.78. The summed E-state index contributed by atoms with van der Waals surface area (Å²) in [6.07, 6.45) is 2.11. The molecule has 0 bridgehead atoms. The number of carbonyl (C=O) groups excluding carboxylic acids is 2. The molecule has 3 fully saturated rings. The van der Waals surface area contributed by atoms with E-state index in [9.17, 15) is 31.2 Å². The van der Waals surface area contributed by atoms with Gasteiger partial charge >= 0.3 is 0 Å². The molecule has 12 heteroatoms. The zero-order valence-electron chi connectivity index (χ0n) is 23.6. The van der Waals surface area contributed by atoms with Gasteiger partial charge in [0.1, 0.15) is 18.2 Å². The van der Waals surface area contributed by atoms with Crippen molar-refractivity contribution in [1.82, 2.24) is 15.1 Å². The van der Waals surface area contributed by atoms with E-state index in [2.05, 4.69) is 10.2 Å². The molecule has 1 aliphatic heterocycles. The molecule has 3 aliphatic rings. The highest BCUT2D eigenvalue weighted by Crippen LogP contribution is 2.63. The second-order valence-corrected chi connectivity index (χ2v) is 13.8. The van der Waals surface area contributed by atoms with Gasteiger partial charge in [-0.15, -0.1) is 0 Å². The van der Waals surface area contributed by atoms with E-state index in [1.165, 1.54) is 24.3 Å². The predicted molar refractivity (Wildman–Crippen MR) is 149 cm³/mol. The van der Waals surface area contributed by atoms with E-state index in [0.717, 1.165) is 11.8 Å². The maximum absolute atomic E-state index is 14.1. The molecular formula is C30H36F3N3O5S. The SMILES string of the molecule is CS(=O)(=O)c1ccc(COc2ccc(F)cc2CN2CCN(C(=O)CNC(=O)C3CC34CCC(F)(F)CC4)CC2)cc1. The summed E-state index contributed by atoms with van der Waals surface area (Å²) in [6.45, 7) is 2.51. The number of amides is 2. The summed E-state index contributed by atoms with van der Waals surface area (Å²) < 4.78 is 70.4. The van der Waals surface area contributed by atoms with Crippen molar-refractivity contribution < 1.29 is 35.9 Å². The molecule has 1 N–H and O–H groups in total. The molecular weight excluding hydrogens is 571 g/mol. The predicted octanol–water partition coefficient (Wildman–Crippen LogP) is 3.78. The zero-order valence-corrected chi connectivity index (χ0v) is 24.4. The molecule has 1 atom stereocenters. The van der Waals surface area contributed by atoms with Crippen LogP contribution >= 0.6 is 0 Å². The lowest BCUT2D eigenvalue weighted by molar-refractivity contribution is -0.135. The van der Waals surface area contributed by atoms with Gasteiger partial charge in [-0.1, -0.05) is 12.1 Å². The lowest BCUT2D eigenvalue weighted by atomic mass is 9.82. The Morgan fingerprint density at radius 2 is 1.67 bits per heavy atom. The van der Waals surface area contributed by atoms with Crippen molar-refractivity contribution in [1.29, 1.82) is 0 Å². The maximum atomic E-state index is 14.1. The average molecular weight is 608 g/mol. The van der Waals surface area contributed by atoms with Crippen LogP contribution < -0.4 is 10.1 Å². The van der Waals surface area contributed by atoms with E-state index < -0.39 is 21.6 Å². The third kappa shape index (κ3) is 7.26. The summed E-state index contributed by atoms with van der Waals surface area (Å²) in [6, 6.07) is 10.7. The average Bonchev–Trinajstić information content (AvgIpc) is 3.67. The van der Waals surface area contributed by atoms with Crippen molar-refractivity contribution in [2.75, 3.05) is 39.0 Å². The number of nitrogens with one attached hydrogen (secondary N) is 1. The number of alkyl halides is 2. The fraction of sp³-hybridized carbons (Fsp3) is 0.533. The summed E-state index contributed by atoms with van der Waals surface area (Å²) >= 11 is 0. The molecule has 8 nitrogen and oxygen atoms in total. The van der Waals surface area contributed by atoms with Crippen LogP contribution in [0.3, 0.4) is 0 Å². The number of piperazine rings is 1. The Labute approximate surface area is 244 Å². The van der Waals surface area contributed by atoms with Gasteiger partial charge in [0.05, 0.1) is 11.4 Å². The number of rotatable bonds is 9. The van der Waals surface area contributed by atoms with Crippen LogP contribution in [0.25, 0.3) is 0 Å². The highest BCUT2D eigenvalue weighted by Gasteiger charge is 2.60. The first-order valence-electron chi connectivity index (χ1n) is 14.2. The first kappa shape index (κ1) is 30.3. The van der Waals surface area contributed by atoms with Crippen LogP contribution in [-0.2, 0) is 32.6 Å². The maximum Gasteiger partial charge on any atom is 0.248 e. The van der Waals surface area contributed by atoms with E-state index in [4.69, 9.17) is 4.74 Å². The van der Waals surface area contributed by atoms with Crippen molar-refractivity contribution in [3.05, 3.63) is 59.4 Å². The molecule has 2 aliphatic carbocycles. The fourth-order valence-electron chi connectivity index (χ4n) is 5.98. The molecule has 5 rings (SSSR count). The van der Waals surface area contributed by atoms with Crippen molar-refractivity contribution in [3.63, 3.8) is 0 Å². The van der Waals surface area contributed by atoms with Crippen LogP contribution in [0.4, 0.5) is 13.2 Å². The molecule has 42 heavy (non-hydrogen) atoms. The smallest absolute Gasteiger partial charge is 0.248 e. The Bertz CT molecular complexity index is 1420. The molecule has 2 saturated carbocycles. The molecule has 0 aromatic heterocycles. The van der Waals surface area contributed by atoms with Gasteiger partial charge in [0, 0.05) is 63.3 Å². The van der Waals surface area contributed by atoms with Crippen LogP contribution in [-0.4, -0.2) is 74.9 Å². The number of benzene rings is 2. The topological polar surface area (TPSA) is 96.0 Å². The van der Waals surface area contributed by atoms with Crippen LogP contribution in [0.2, 0.25) is 0 Å². The second kappa shape index (κ2) is 11.9. The molecule has 1 saturated heterocycles. The van der Waals surface area contributed by atoms with Crippen LogP contribution in [0, 0.1) is 17.2 Å². The minimum atomic E-state index is -3.29. The van der Waals surface area contributed by atoms with Crippen molar-refractivity contribution in [2.24, 2.45) is 11.3 Å². The quantitative estimate of drug-likeness (QED) is 0.466. The Balaban J connectivity index is 1.07. The van der Waals surface area contributed by atoms with Gasteiger partial charge in [0.15, 0.2) is 9.84 Å². The molecule has 1 spiro atoms. The van der Waals surface area contributed by atoms with Gasteiger partial charge in [-0.05, 0) is 60.6 Å². The van der Waals surface area contributed by atoms with E-state index in [-0.39, 0.29) is 54.0 Å². The lowest BCUT2D eigenvalue weighted by Gasteiger charge is -2.35. The summed E-state index contributed by atoms with van der Waals surface area (Å²) in [5.41, 5.74) is 1.12. The summed E-state index contributed by atoms with van der Waals surface area (Å²) in [4.78, 5) is 29.3. The Kier molecular flexibility index (Phi) is 8.58. The minimum Gasteiger partial charge on any atom is -0.489 e. The molecule has 2 amide bonds. The number of sulfone groups is 1. The number of nitrogens with zero attached hydrogens (tertiary/aromatic N) is 2. The Morgan fingerprint density at radius 1 is 1.00 bits per heavy atom. The monoisotopic (exact) mass is 607 g/mol. The van der Waals surface area contributed by atoms with Crippen LogP contribution in [0.1, 0.15) is 43.2 Å². The first-order valence-corrected chi connectivity index (χ1v) is 16.1. The molecule has 228 valence electrons. The van der Waals surface area contributed by atoms with Crippen LogP contribution in [0.5, 0.6) is 5.75 Å². The fourth-order valence-corrected chi connectivity index (χ4v) is 6.62. The van der Waals surface area contributed by atoms with Gasteiger partial charge < -0.3 is 15.0 Å². The van der Waals surface area contributed by atoms with E-state index in [0.29, 0.717) is 63.3 Å². The van der Waals surface area contributed by atoms with Crippen LogP contribution in [0.15, 0.2) is 47.4 Å². The molecule has 1 unspecified atom stereocenters. The minimum absolute atomic E-state index is 0.116. The largest absolute Gasteiger partial charge is 0.489 e. The Morgan fingerprint density at radius 3 is 2.31 bits per heavy atom. The Hall–Kier alpha value is -3.12. The van der Waals surface area contributed by atoms with Gasteiger partial charge in [-0.3, -0.25) is 14.5 Å². The molecule has 1 heterocycles. The van der Waals surface area contributed by atoms with Crippen molar-refractivity contribution in [2.45, 2.75) is 56.1 Å². The number of hydrogen-bond acceptors (Lipinski definition) is 6. The normalized spacial score (nSPS) is 21.6. The summed E-state index contributed by atoms with van der Waals surface area (Å²) in [7, 11) is -3.29. The zero-order chi connectivity index (χ0) is 30.1. The summed E-state index contributed by atoms with van der Waals surface area (Å²) in [5, 5.41) is 2.72. The summed E-state index contributed by atoms with van der Waals surface area (Å²) in [5.74, 6) is -3.20. The van der Waals surface area contributed by atoms with Gasteiger partial charge in [-0.25, -0.2) is 21.6 Å². The van der Waals surface area contributed by atoms with E-state index in [1.807, 2.05) is 0 Å². The number of halogens is 3. The first-order chi connectivity index (χ1) is 19.8. The van der Waals surface area contributed by atoms with Gasteiger partial charge in [0.2, 0.25) is 17.7 Å². The lowest BCUT2D eigenvalue weighted by Crippen LogP contribution is -2.51. The van der Waals surface area contributed by atoms with Gasteiger partial charge in [0.25, 0.3) is 0 Å². The molecule has 2 aromatic rings. The number of carbonyl (C=O) groups is 2. The van der Waals surface area contributed by atoms with E-state index >= 15 is 0 Å². The highest BCUT2D eigenvalue weighted by molar-refractivity contribution is 7.90. The number of ether oxygens (including phenoxy) is 1. The highest BCUT2D eigenvalue weighted by atomic mass is 32.2.